The molecule has 0 spiro atoms. The molecule has 7 heteroatoms. The first kappa shape index (κ1) is 31.2. The predicted molar refractivity (Wildman–Crippen MR) is 152 cm³/mol. The number of benzene rings is 2. The van der Waals surface area contributed by atoms with E-state index in [-0.39, 0.29) is 24.9 Å². The van der Waals surface area contributed by atoms with Crippen LogP contribution in [0.5, 0.6) is 0 Å². The maximum atomic E-state index is 13.4. The summed E-state index contributed by atoms with van der Waals surface area (Å²) in [5.41, 5.74) is 2.22. The zero-order valence-electron chi connectivity index (χ0n) is 22.8. The summed E-state index contributed by atoms with van der Waals surface area (Å²) < 4.78 is 37.6. The summed E-state index contributed by atoms with van der Waals surface area (Å²) >= 11 is 0. The lowest BCUT2D eigenvalue weighted by molar-refractivity contribution is -0.155. The topological polar surface area (TPSA) is 69.4 Å². The van der Waals surface area contributed by atoms with Gasteiger partial charge in [0.1, 0.15) is 11.6 Å². The van der Waals surface area contributed by atoms with Crippen LogP contribution >= 0.6 is 0 Å². The Bertz CT molecular complexity index is 1260. The molecule has 216 valence electrons. The van der Waals surface area contributed by atoms with Crippen molar-refractivity contribution < 1.29 is 27.5 Å². The van der Waals surface area contributed by atoms with Crippen molar-refractivity contribution in [1.82, 2.24) is 4.98 Å². The van der Waals surface area contributed by atoms with Crippen LogP contribution in [0.1, 0.15) is 108 Å². The van der Waals surface area contributed by atoms with E-state index in [4.69, 9.17) is 9.15 Å². The van der Waals surface area contributed by atoms with Crippen LogP contribution in [0.15, 0.2) is 52.9 Å². The van der Waals surface area contributed by atoms with E-state index in [9.17, 15) is 18.4 Å². The van der Waals surface area contributed by atoms with E-state index in [2.05, 4.69) is 4.98 Å². The number of rotatable bonds is 6. The van der Waals surface area contributed by atoms with Crippen molar-refractivity contribution in [1.29, 1.82) is 0 Å². The van der Waals surface area contributed by atoms with Gasteiger partial charge in [-0.3, -0.25) is 9.59 Å². The molecule has 2 aliphatic rings. The number of ether oxygens (including phenoxy) is 1. The van der Waals surface area contributed by atoms with Gasteiger partial charge in [-0.2, -0.15) is 0 Å². The molecule has 2 saturated carbocycles. The molecule has 0 aliphatic heterocycles. The van der Waals surface area contributed by atoms with Crippen LogP contribution in [0.4, 0.5) is 8.78 Å². The third-order valence-corrected chi connectivity index (χ3v) is 7.54. The first-order chi connectivity index (χ1) is 18.8. The van der Waals surface area contributed by atoms with E-state index < -0.39 is 17.9 Å². The van der Waals surface area contributed by atoms with Crippen molar-refractivity contribution in [3.63, 3.8) is 0 Å². The molecule has 0 radical (unpaired) electrons. The number of aromatic nitrogens is 1. The van der Waals surface area contributed by atoms with Crippen molar-refractivity contribution in [3.05, 3.63) is 77.3 Å². The highest BCUT2D eigenvalue weighted by molar-refractivity contribution is 5.88. The molecule has 0 amide bonds. The molecule has 1 unspecified atom stereocenters. The number of Topliss-reactive ketones (excluding diaryl/α,β-unsaturated/α-hetero) is 1. The number of nitrogens with zero attached hydrogens (tertiary/aromatic N) is 1. The maximum absolute atomic E-state index is 13.4. The Labute approximate surface area is 236 Å². The summed E-state index contributed by atoms with van der Waals surface area (Å²) in [5.74, 6) is 0.496. The van der Waals surface area contributed by atoms with Gasteiger partial charge >= 0.3 is 5.97 Å². The number of carbonyl (C=O) groups is 2. The monoisotopic (exact) mass is 553 g/mol. The first-order valence-corrected chi connectivity index (χ1v) is 14.0. The third-order valence-electron chi connectivity index (χ3n) is 7.54. The second kappa shape index (κ2) is 14.9. The lowest BCUT2D eigenvalue weighted by atomic mass is 9.83. The Hall–Kier alpha value is -3.35. The zero-order valence-corrected chi connectivity index (χ0v) is 22.8. The van der Waals surface area contributed by atoms with Crippen molar-refractivity contribution in [2.75, 3.05) is 0 Å². The van der Waals surface area contributed by atoms with Gasteiger partial charge in [-0.25, -0.2) is 13.8 Å². The van der Waals surface area contributed by atoms with Gasteiger partial charge in [0.25, 0.3) is 0 Å². The fourth-order valence-corrected chi connectivity index (χ4v) is 5.66. The first-order valence-electron chi connectivity index (χ1n) is 14.0. The Balaban J connectivity index is 0.000000215. The fourth-order valence-electron chi connectivity index (χ4n) is 5.66. The Morgan fingerprint density at radius 2 is 1.50 bits per heavy atom. The Morgan fingerprint density at radius 3 is 2.10 bits per heavy atom. The molecule has 5 rings (SSSR count). The van der Waals surface area contributed by atoms with Gasteiger partial charge in [-0.05, 0) is 49.9 Å². The molecule has 2 fully saturated rings. The van der Waals surface area contributed by atoms with Gasteiger partial charge in [0.15, 0.2) is 23.5 Å². The molecule has 1 aromatic heterocycles. The minimum absolute atomic E-state index is 0. The molecule has 5 nitrogen and oxygen atoms in total. The lowest BCUT2D eigenvalue weighted by Crippen LogP contribution is -2.27. The highest BCUT2D eigenvalue weighted by atomic mass is 19.1. The maximum Gasteiger partial charge on any atom is 0.303 e. The third kappa shape index (κ3) is 8.33. The molecule has 0 N–H and O–H groups in total. The van der Waals surface area contributed by atoms with Gasteiger partial charge in [0, 0.05) is 36.8 Å². The van der Waals surface area contributed by atoms with Crippen LogP contribution in [-0.4, -0.2) is 16.7 Å². The van der Waals surface area contributed by atoms with E-state index >= 15 is 0 Å². The smallest absolute Gasteiger partial charge is 0.303 e. The molecule has 2 aliphatic carbocycles. The molecule has 0 saturated heterocycles. The molecule has 0 bridgehead atoms. The number of esters is 1. The zero-order chi connectivity index (χ0) is 27.8. The molecule has 1 heterocycles. The number of carbonyl (C=O) groups excluding carboxylic acids is 2. The number of halogens is 2. The number of hydrogen-bond acceptors (Lipinski definition) is 5. The Morgan fingerprint density at radius 1 is 0.900 bits per heavy atom. The summed E-state index contributed by atoms with van der Waals surface area (Å²) in [5, 5.41) is 0. The Kier molecular flexibility index (Phi) is 11.6. The van der Waals surface area contributed by atoms with Gasteiger partial charge in [-0.1, -0.05) is 70.2 Å². The molecule has 40 heavy (non-hydrogen) atoms. The summed E-state index contributed by atoms with van der Waals surface area (Å²) in [6.45, 7) is 3.12. The van der Waals surface area contributed by atoms with Crippen LogP contribution < -0.4 is 0 Å². The number of oxazole rings is 1. The van der Waals surface area contributed by atoms with Crippen LogP contribution in [0.25, 0.3) is 11.3 Å². The van der Waals surface area contributed by atoms with Crippen molar-refractivity contribution >= 4 is 11.8 Å². The molecular formula is C33H41F2NO4. The summed E-state index contributed by atoms with van der Waals surface area (Å²) in [7, 11) is 0. The largest absolute Gasteiger partial charge is 0.450 e. The van der Waals surface area contributed by atoms with Gasteiger partial charge in [-0.15, -0.1) is 0 Å². The summed E-state index contributed by atoms with van der Waals surface area (Å²) in [4.78, 5) is 28.3. The molecule has 3 aromatic rings. The van der Waals surface area contributed by atoms with E-state index in [1.54, 1.807) is 12.1 Å². The average Bonchev–Trinajstić information content (AvgIpc) is 3.34. The highest BCUT2D eigenvalue weighted by Gasteiger charge is 2.31. The van der Waals surface area contributed by atoms with E-state index in [0.717, 1.165) is 62.0 Å². The highest BCUT2D eigenvalue weighted by Crippen LogP contribution is 2.38. The number of ketones is 1. The average molecular weight is 554 g/mol. The number of aryl methyl sites for hydroxylation is 1. The van der Waals surface area contributed by atoms with Crippen LogP contribution in [0.3, 0.4) is 0 Å². The quantitative estimate of drug-likeness (QED) is 0.285. The van der Waals surface area contributed by atoms with E-state index in [1.807, 2.05) is 13.0 Å². The lowest BCUT2D eigenvalue weighted by Gasteiger charge is -2.25. The van der Waals surface area contributed by atoms with Crippen LogP contribution in [0.2, 0.25) is 0 Å². The van der Waals surface area contributed by atoms with Crippen LogP contribution in [0, 0.1) is 24.5 Å². The summed E-state index contributed by atoms with van der Waals surface area (Å²) in [6, 6.07) is 12.3. The molecule has 2 aromatic carbocycles. The summed E-state index contributed by atoms with van der Waals surface area (Å²) in [6.07, 6.45) is 9.98. The van der Waals surface area contributed by atoms with E-state index in [0.29, 0.717) is 17.4 Å². The van der Waals surface area contributed by atoms with Crippen molar-refractivity contribution in [2.24, 2.45) is 5.92 Å². The standard InChI is InChI=1S/C16H18FNO.C16H19FO3.CH4/c1-11-18-15(12-6-3-2-4-7-12)16(19-11)13-8-5-9-14(17)10-13;1-11(18)20-16(13-8-5-9-14(17)10-13)15(19)12-6-3-2-4-7-12;/h5,8-10,12H,2-4,6-7H2,1H3;5,8-10,12,16H,2-4,6-7H2,1H3;1H4. The second-order valence-electron chi connectivity index (χ2n) is 10.6. The van der Waals surface area contributed by atoms with E-state index in [1.165, 1.54) is 56.5 Å². The van der Waals surface area contributed by atoms with Gasteiger partial charge in [0.05, 0.1) is 5.69 Å². The SMILES string of the molecule is C.CC(=O)OC(C(=O)C1CCCCC1)c1cccc(F)c1.Cc1nc(C2CCCCC2)c(-c2cccc(F)c2)o1. The fraction of sp³-hybridized carbons (Fsp3) is 0.485. The molecule has 1 atom stereocenters. The predicted octanol–water partition coefficient (Wildman–Crippen LogP) is 9.05. The number of hydrogen-bond donors (Lipinski definition) is 0. The molecular weight excluding hydrogens is 512 g/mol. The van der Waals surface area contributed by atoms with Gasteiger partial charge < -0.3 is 9.15 Å². The van der Waals surface area contributed by atoms with Crippen LogP contribution in [-0.2, 0) is 14.3 Å². The minimum atomic E-state index is -0.980. The minimum Gasteiger partial charge on any atom is -0.450 e. The van der Waals surface area contributed by atoms with Gasteiger partial charge in [0.2, 0.25) is 0 Å². The second-order valence-corrected chi connectivity index (χ2v) is 10.6. The normalized spacial score (nSPS) is 16.7. The van der Waals surface area contributed by atoms with Crippen molar-refractivity contribution in [3.8, 4) is 11.3 Å². The van der Waals surface area contributed by atoms with Crippen molar-refractivity contribution in [2.45, 2.75) is 97.5 Å².